The van der Waals surface area contributed by atoms with Crippen LogP contribution in [0.15, 0.2) is 12.4 Å². The smallest absolute Gasteiger partial charge is 0.203 e. The number of anilines is 1. The average molecular weight is 249 g/mol. The van der Waals surface area contributed by atoms with Gasteiger partial charge < -0.3 is 9.88 Å². The van der Waals surface area contributed by atoms with Crippen molar-refractivity contribution in [3.05, 3.63) is 12.4 Å². The summed E-state index contributed by atoms with van der Waals surface area (Å²) in [5.41, 5.74) is 0. The molecule has 0 bridgehead atoms. The fourth-order valence-corrected chi connectivity index (χ4v) is 3.25. The third kappa shape index (κ3) is 3.27. The maximum Gasteiger partial charge on any atom is 0.203 e. The van der Waals surface area contributed by atoms with Gasteiger partial charge in [0, 0.05) is 25.0 Å². The molecule has 1 aliphatic rings. The lowest BCUT2D eigenvalue weighted by molar-refractivity contribution is 0.223. The van der Waals surface area contributed by atoms with E-state index in [0.29, 0.717) is 6.04 Å². The highest BCUT2D eigenvalue weighted by molar-refractivity contribution is 5.26. The molecule has 1 saturated carbocycles. The number of hydrogen-bond donors (Lipinski definition) is 1. The summed E-state index contributed by atoms with van der Waals surface area (Å²) in [5, 5.41) is 3.47. The molecule has 1 aromatic heterocycles. The van der Waals surface area contributed by atoms with Crippen molar-refractivity contribution in [1.29, 1.82) is 0 Å². The zero-order valence-corrected chi connectivity index (χ0v) is 12.0. The summed E-state index contributed by atoms with van der Waals surface area (Å²) >= 11 is 0. The molecule has 2 rings (SSSR count). The van der Waals surface area contributed by atoms with Crippen molar-refractivity contribution in [2.75, 3.05) is 11.9 Å². The molecule has 0 radical (unpaired) electrons. The molecule has 3 heteroatoms. The Balaban J connectivity index is 2.01. The second kappa shape index (κ2) is 6.26. The minimum Gasteiger partial charge on any atom is -0.356 e. The normalized spacial score (nSPS) is 28.3. The fraction of sp³-hybridized carbons (Fsp3) is 0.800. The standard InChI is InChI=1S/C15H27N3/c1-4-5-6-16-15-17-7-8-18(15)14-10-12(2)9-13(3)11-14/h7-8,12-14H,4-6,9-11H2,1-3H3,(H,16,17). The SMILES string of the molecule is CCCCNc1nccn1C1CC(C)CC(C)C1. The summed E-state index contributed by atoms with van der Waals surface area (Å²) in [7, 11) is 0. The number of rotatable bonds is 5. The molecule has 1 heterocycles. The summed E-state index contributed by atoms with van der Waals surface area (Å²) < 4.78 is 2.36. The molecule has 0 saturated heterocycles. The number of nitrogens with one attached hydrogen (secondary N) is 1. The van der Waals surface area contributed by atoms with E-state index < -0.39 is 0 Å². The van der Waals surface area contributed by atoms with Gasteiger partial charge >= 0.3 is 0 Å². The largest absolute Gasteiger partial charge is 0.356 e. The predicted molar refractivity (Wildman–Crippen MR) is 76.8 cm³/mol. The minimum absolute atomic E-state index is 0.635. The van der Waals surface area contributed by atoms with Gasteiger partial charge in [-0.3, -0.25) is 0 Å². The Bertz CT molecular complexity index is 348. The van der Waals surface area contributed by atoms with E-state index in [0.717, 1.165) is 24.3 Å². The zero-order valence-electron chi connectivity index (χ0n) is 12.0. The average Bonchev–Trinajstić information content (AvgIpc) is 2.76. The second-order valence-corrected chi connectivity index (χ2v) is 6.01. The van der Waals surface area contributed by atoms with E-state index in [2.05, 4.69) is 41.8 Å². The molecule has 102 valence electrons. The van der Waals surface area contributed by atoms with E-state index in [1.165, 1.54) is 32.1 Å². The Morgan fingerprint density at radius 3 is 2.67 bits per heavy atom. The van der Waals surface area contributed by atoms with Crippen LogP contribution in [0.4, 0.5) is 5.95 Å². The van der Waals surface area contributed by atoms with Crippen molar-refractivity contribution < 1.29 is 0 Å². The highest BCUT2D eigenvalue weighted by Crippen LogP contribution is 2.37. The Hall–Kier alpha value is -0.990. The number of unbranched alkanes of at least 4 members (excludes halogenated alkanes) is 1. The topological polar surface area (TPSA) is 29.9 Å². The molecule has 0 aliphatic heterocycles. The van der Waals surface area contributed by atoms with Gasteiger partial charge in [0.25, 0.3) is 0 Å². The number of aromatic nitrogens is 2. The first-order chi connectivity index (χ1) is 8.70. The van der Waals surface area contributed by atoms with E-state index in [1.54, 1.807) is 0 Å². The molecule has 0 spiro atoms. The number of imidazole rings is 1. The molecule has 0 aromatic carbocycles. The van der Waals surface area contributed by atoms with Crippen LogP contribution in [0.3, 0.4) is 0 Å². The third-order valence-electron chi connectivity index (χ3n) is 4.03. The molecule has 1 N–H and O–H groups in total. The van der Waals surface area contributed by atoms with Gasteiger partial charge in [-0.2, -0.15) is 0 Å². The molecule has 1 fully saturated rings. The van der Waals surface area contributed by atoms with Gasteiger partial charge in [-0.15, -0.1) is 0 Å². The van der Waals surface area contributed by atoms with Crippen LogP contribution < -0.4 is 5.32 Å². The van der Waals surface area contributed by atoms with Crippen LogP contribution in [-0.4, -0.2) is 16.1 Å². The van der Waals surface area contributed by atoms with Crippen molar-refractivity contribution in [3.63, 3.8) is 0 Å². The van der Waals surface area contributed by atoms with Crippen LogP contribution in [0.5, 0.6) is 0 Å². The lowest BCUT2D eigenvalue weighted by Crippen LogP contribution is -2.23. The Labute approximate surface area is 111 Å². The van der Waals surface area contributed by atoms with Crippen LogP contribution in [0, 0.1) is 11.8 Å². The summed E-state index contributed by atoms with van der Waals surface area (Å²) in [6.07, 6.45) is 10.5. The van der Waals surface area contributed by atoms with Crippen LogP contribution in [0.2, 0.25) is 0 Å². The van der Waals surface area contributed by atoms with Gasteiger partial charge in [0.05, 0.1) is 0 Å². The lowest BCUT2D eigenvalue weighted by atomic mass is 9.80. The summed E-state index contributed by atoms with van der Waals surface area (Å²) in [5.74, 6) is 2.74. The molecule has 1 aromatic rings. The first-order valence-electron chi connectivity index (χ1n) is 7.47. The third-order valence-corrected chi connectivity index (χ3v) is 4.03. The summed E-state index contributed by atoms with van der Waals surface area (Å²) in [6.45, 7) is 8.01. The molecular weight excluding hydrogens is 222 g/mol. The molecule has 1 aliphatic carbocycles. The van der Waals surface area contributed by atoms with Crippen molar-refractivity contribution >= 4 is 5.95 Å². The van der Waals surface area contributed by atoms with Crippen molar-refractivity contribution in [2.45, 2.75) is 58.9 Å². The first kappa shape index (κ1) is 13.4. The lowest BCUT2D eigenvalue weighted by Gasteiger charge is -2.33. The Morgan fingerprint density at radius 2 is 2.00 bits per heavy atom. The van der Waals surface area contributed by atoms with Crippen molar-refractivity contribution in [2.24, 2.45) is 11.8 Å². The Kier molecular flexibility index (Phi) is 4.67. The summed E-state index contributed by atoms with van der Waals surface area (Å²) in [6, 6.07) is 0.635. The maximum atomic E-state index is 4.47. The highest BCUT2D eigenvalue weighted by Gasteiger charge is 2.26. The predicted octanol–water partition coefficient (Wildman–Crippen LogP) is 4.09. The number of nitrogens with zero attached hydrogens (tertiary/aromatic N) is 2. The van der Waals surface area contributed by atoms with Gasteiger partial charge in [0.2, 0.25) is 5.95 Å². The molecule has 0 amide bonds. The van der Waals surface area contributed by atoms with Crippen LogP contribution in [0.25, 0.3) is 0 Å². The van der Waals surface area contributed by atoms with E-state index in [4.69, 9.17) is 0 Å². The van der Waals surface area contributed by atoms with Gasteiger partial charge in [0.15, 0.2) is 0 Å². The molecule has 2 unspecified atom stereocenters. The fourth-order valence-electron chi connectivity index (χ4n) is 3.25. The molecular formula is C15H27N3. The van der Waals surface area contributed by atoms with Crippen LogP contribution in [-0.2, 0) is 0 Å². The van der Waals surface area contributed by atoms with Crippen LogP contribution >= 0.6 is 0 Å². The van der Waals surface area contributed by atoms with Crippen molar-refractivity contribution in [3.8, 4) is 0 Å². The van der Waals surface area contributed by atoms with Gasteiger partial charge in [-0.1, -0.05) is 27.2 Å². The minimum atomic E-state index is 0.635. The van der Waals surface area contributed by atoms with E-state index >= 15 is 0 Å². The van der Waals surface area contributed by atoms with Gasteiger partial charge in [0.1, 0.15) is 0 Å². The quantitative estimate of drug-likeness (QED) is 0.796. The second-order valence-electron chi connectivity index (χ2n) is 6.01. The van der Waals surface area contributed by atoms with Crippen LogP contribution in [0.1, 0.15) is 58.9 Å². The summed E-state index contributed by atoms with van der Waals surface area (Å²) in [4.78, 5) is 4.47. The van der Waals surface area contributed by atoms with Crippen molar-refractivity contribution in [1.82, 2.24) is 9.55 Å². The molecule has 18 heavy (non-hydrogen) atoms. The first-order valence-corrected chi connectivity index (χ1v) is 7.47. The highest BCUT2D eigenvalue weighted by atomic mass is 15.2. The van der Waals surface area contributed by atoms with Gasteiger partial charge in [-0.25, -0.2) is 4.98 Å². The van der Waals surface area contributed by atoms with E-state index in [1.807, 2.05) is 6.20 Å². The van der Waals surface area contributed by atoms with E-state index in [9.17, 15) is 0 Å². The maximum absolute atomic E-state index is 4.47. The zero-order chi connectivity index (χ0) is 13.0. The number of hydrogen-bond acceptors (Lipinski definition) is 2. The van der Waals surface area contributed by atoms with Gasteiger partial charge in [-0.05, 0) is 37.5 Å². The molecule has 3 nitrogen and oxygen atoms in total. The molecule has 2 atom stereocenters. The van der Waals surface area contributed by atoms with E-state index in [-0.39, 0.29) is 0 Å². The Morgan fingerprint density at radius 1 is 1.28 bits per heavy atom. The monoisotopic (exact) mass is 249 g/mol.